The minimum Gasteiger partial charge on any atom is -0.359 e. The van der Waals surface area contributed by atoms with Crippen LogP contribution in [-0.2, 0) is 9.53 Å². The third-order valence-electron chi connectivity index (χ3n) is 5.58. The number of benzene rings is 2. The third kappa shape index (κ3) is 3.07. The van der Waals surface area contributed by atoms with Gasteiger partial charge in [0.1, 0.15) is 5.60 Å². The van der Waals surface area contributed by atoms with Crippen molar-refractivity contribution in [2.75, 3.05) is 0 Å². The maximum atomic E-state index is 13.5. The summed E-state index contributed by atoms with van der Waals surface area (Å²) in [4.78, 5) is 28.6. The van der Waals surface area contributed by atoms with Crippen molar-refractivity contribution in [1.82, 2.24) is 0 Å². The Morgan fingerprint density at radius 2 is 1.85 bits per heavy atom. The normalized spacial score (nSPS) is 24.4. The molecule has 0 aromatic heterocycles. The van der Waals surface area contributed by atoms with E-state index in [0.29, 0.717) is 17.6 Å². The van der Waals surface area contributed by atoms with Crippen molar-refractivity contribution in [2.45, 2.75) is 50.2 Å². The Balaban J connectivity index is 1.85. The molecule has 0 saturated carbocycles. The zero-order valence-corrected chi connectivity index (χ0v) is 16.6. The van der Waals surface area contributed by atoms with E-state index in [2.05, 4.69) is 0 Å². The first-order valence-corrected chi connectivity index (χ1v) is 10.0. The maximum Gasteiger partial charge on any atom is 0.199 e. The first-order chi connectivity index (χ1) is 12.9. The summed E-state index contributed by atoms with van der Waals surface area (Å²) in [6.45, 7) is 5.74. The quantitative estimate of drug-likeness (QED) is 0.551. The van der Waals surface area contributed by atoms with Gasteiger partial charge in [-0.3, -0.25) is 9.59 Å². The van der Waals surface area contributed by atoms with Gasteiger partial charge in [-0.2, -0.15) is 0 Å². The highest BCUT2D eigenvalue weighted by atomic mass is 32.2. The van der Waals surface area contributed by atoms with Crippen LogP contribution in [0, 0.1) is 13.8 Å². The molecule has 0 amide bonds. The molecule has 4 heteroatoms. The van der Waals surface area contributed by atoms with Gasteiger partial charge in [-0.15, -0.1) is 0 Å². The number of aryl methyl sites for hydroxylation is 1. The van der Waals surface area contributed by atoms with Crippen LogP contribution in [0.15, 0.2) is 63.9 Å². The van der Waals surface area contributed by atoms with Crippen molar-refractivity contribution in [1.29, 1.82) is 0 Å². The van der Waals surface area contributed by atoms with Gasteiger partial charge in [-0.25, -0.2) is 0 Å². The third-order valence-corrected chi connectivity index (χ3v) is 6.77. The van der Waals surface area contributed by atoms with Crippen LogP contribution in [0.1, 0.15) is 41.3 Å². The average Bonchev–Trinajstić information content (AvgIpc) is 3.03. The Hall–Kier alpha value is -2.17. The molecule has 2 aliphatic rings. The fourth-order valence-electron chi connectivity index (χ4n) is 3.81. The number of fused-ring (bicyclic) bond motifs is 2. The molecular formula is C23H22O3S. The number of hydrogen-bond donors (Lipinski definition) is 0. The zero-order chi connectivity index (χ0) is 19.2. The highest BCUT2D eigenvalue weighted by molar-refractivity contribution is 8.03. The van der Waals surface area contributed by atoms with Crippen LogP contribution < -0.4 is 0 Å². The number of carbonyl (C=O) groups is 2. The number of thioether (sulfide) groups is 1. The molecule has 1 fully saturated rings. The Labute approximate surface area is 163 Å². The SMILES string of the molecule is Cc1cccc(C(=O)C2=C(Sc3ccccc3)C3CCC(C)(O3)C2=O)c1C. The predicted molar refractivity (Wildman–Crippen MR) is 107 cm³/mol. The van der Waals surface area contributed by atoms with Crippen molar-refractivity contribution in [3.8, 4) is 0 Å². The minimum absolute atomic E-state index is 0.180. The minimum atomic E-state index is -0.881. The van der Waals surface area contributed by atoms with Crippen molar-refractivity contribution in [3.63, 3.8) is 0 Å². The van der Waals surface area contributed by atoms with E-state index in [0.717, 1.165) is 27.3 Å². The lowest BCUT2D eigenvalue weighted by molar-refractivity contribution is -0.137. The smallest absolute Gasteiger partial charge is 0.199 e. The van der Waals surface area contributed by atoms with Gasteiger partial charge in [0, 0.05) is 15.4 Å². The van der Waals surface area contributed by atoms with Gasteiger partial charge in [0.05, 0.1) is 11.7 Å². The summed E-state index contributed by atoms with van der Waals surface area (Å²) in [5, 5.41) is 0. The molecule has 2 unspecified atom stereocenters. The number of hydrogen-bond acceptors (Lipinski definition) is 4. The molecular weight excluding hydrogens is 356 g/mol. The zero-order valence-electron chi connectivity index (χ0n) is 15.7. The molecule has 3 nitrogen and oxygen atoms in total. The molecule has 2 bridgehead atoms. The van der Waals surface area contributed by atoms with E-state index in [9.17, 15) is 9.59 Å². The summed E-state index contributed by atoms with van der Waals surface area (Å²) in [5.41, 5.74) is 2.01. The van der Waals surface area contributed by atoms with Gasteiger partial charge in [-0.1, -0.05) is 48.2 Å². The van der Waals surface area contributed by atoms with Crippen LogP contribution in [0.3, 0.4) is 0 Å². The molecule has 2 aromatic rings. The van der Waals surface area contributed by atoms with Gasteiger partial charge < -0.3 is 4.74 Å². The second-order valence-electron chi connectivity index (χ2n) is 7.44. The summed E-state index contributed by atoms with van der Waals surface area (Å²) in [6.07, 6.45) is 1.22. The Morgan fingerprint density at radius 3 is 2.59 bits per heavy atom. The second-order valence-corrected chi connectivity index (χ2v) is 8.55. The summed E-state index contributed by atoms with van der Waals surface area (Å²) >= 11 is 1.48. The van der Waals surface area contributed by atoms with E-state index in [1.54, 1.807) is 0 Å². The van der Waals surface area contributed by atoms with Crippen LogP contribution >= 0.6 is 11.8 Å². The summed E-state index contributed by atoms with van der Waals surface area (Å²) in [5.74, 6) is -0.360. The number of carbonyl (C=O) groups excluding carboxylic acids is 2. The first-order valence-electron chi connectivity index (χ1n) is 9.21. The molecule has 2 aromatic carbocycles. The van der Waals surface area contributed by atoms with E-state index in [4.69, 9.17) is 4.74 Å². The number of Topliss-reactive ketones (excluding diaryl/α,β-unsaturated/α-hetero) is 2. The van der Waals surface area contributed by atoms with Crippen LogP contribution in [0.25, 0.3) is 0 Å². The number of ether oxygens (including phenoxy) is 1. The molecule has 2 aliphatic heterocycles. The Morgan fingerprint density at radius 1 is 1.11 bits per heavy atom. The number of rotatable bonds is 4. The van der Waals surface area contributed by atoms with Crippen molar-refractivity contribution >= 4 is 23.3 Å². The van der Waals surface area contributed by atoms with Crippen LogP contribution in [0.4, 0.5) is 0 Å². The van der Waals surface area contributed by atoms with Crippen molar-refractivity contribution in [2.24, 2.45) is 0 Å². The van der Waals surface area contributed by atoms with Gasteiger partial charge in [0.15, 0.2) is 11.6 Å². The molecule has 2 atom stereocenters. The Kier molecular flexibility index (Phi) is 4.57. The van der Waals surface area contributed by atoms with Gasteiger partial charge >= 0.3 is 0 Å². The van der Waals surface area contributed by atoms with Crippen LogP contribution in [0.2, 0.25) is 0 Å². The Bertz CT molecular complexity index is 961. The fraction of sp³-hybridized carbons (Fsp3) is 0.304. The highest BCUT2D eigenvalue weighted by Gasteiger charge is 2.52. The largest absolute Gasteiger partial charge is 0.359 e. The first kappa shape index (κ1) is 18.2. The summed E-state index contributed by atoms with van der Waals surface area (Å²) < 4.78 is 6.07. The van der Waals surface area contributed by atoms with Gasteiger partial charge in [-0.05, 0) is 56.9 Å². The summed E-state index contributed by atoms with van der Waals surface area (Å²) in [7, 11) is 0. The molecule has 0 aliphatic carbocycles. The lowest BCUT2D eigenvalue weighted by atomic mass is 9.87. The molecule has 0 N–H and O–H groups in total. The van der Waals surface area contributed by atoms with Gasteiger partial charge in [0.2, 0.25) is 0 Å². The van der Waals surface area contributed by atoms with E-state index in [1.165, 1.54) is 11.8 Å². The monoisotopic (exact) mass is 378 g/mol. The molecule has 1 saturated heterocycles. The molecule has 0 spiro atoms. The lowest BCUT2D eigenvalue weighted by Crippen LogP contribution is -2.43. The molecule has 138 valence electrons. The average molecular weight is 378 g/mol. The van der Waals surface area contributed by atoms with Crippen molar-refractivity contribution in [3.05, 3.63) is 75.7 Å². The van der Waals surface area contributed by atoms with E-state index in [1.807, 2.05) is 69.3 Å². The van der Waals surface area contributed by atoms with Gasteiger partial charge in [0.25, 0.3) is 0 Å². The van der Waals surface area contributed by atoms with Crippen LogP contribution in [0.5, 0.6) is 0 Å². The molecule has 2 heterocycles. The topological polar surface area (TPSA) is 43.4 Å². The van der Waals surface area contributed by atoms with E-state index < -0.39 is 5.60 Å². The molecule has 0 radical (unpaired) electrons. The van der Waals surface area contributed by atoms with Crippen molar-refractivity contribution < 1.29 is 14.3 Å². The van der Waals surface area contributed by atoms with E-state index >= 15 is 0 Å². The molecule has 4 rings (SSSR count). The summed E-state index contributed by atoms with van der Waals surface area (Å²) in [6, 6.07) is 15.5. The molecule has 27 heavy (non-hydrogen) atoms. The second kappa shape index (κ2) is 6.77. The predicted octanol–water partition coefficient (Wildman–Crippen LogP) is 5.05. The standard InChI is InChI=1S/C23H22O3S/c1-14-8-7-11-17(15(14)2)20(24)19-21(27-16-9-5-4-6-10-16)18-12-13-23(3,26-18)22(19)25/h4-11,18H,12-13H2,1-3H3. The maximum absolute atomic E-state index is 13.5. The van der Waals surface area contributed by atoms with E-state index in [-0.39, 0.29) is 17.7 Å². The number of ketones is 2. The highest BCUT2D eigenvalue weighted by Crippen LogP contribution is 2.48. The van der Waals surface area contributed by atoms with Crippen LogP contribution in [-0.4, -0.2) is 23.3 Å². The lowest BCUT2D eigenvalue weighted by Gasteiger charge is -2.31. The fourth-order valence-corrected chi connectivity index (χ4v) is 4.94.